The lowest BCUT2D eigenvalue weighted by Gasteiger charge is -2.32. The standard InChI is InChI=1S/C13H20N4O2S/c18-20(19,13-2-1-4-15-10-13)17-7-3-12(11-17)16-8-5-14-6-9-16/h1-2,4,10,12,14H,3,5-9,11H2. The minimum Gasteiger partial charge on any atom is -0.314 e. The van der Waals surface area contributed by atoms with Crippen LogP contribution in [0.1, 0.15) is 6.42 Å². The Morgan fingerprint density at radius 1 is 1.25 bits per heavy atom. The van der Waals surface area contributed by atoms with Crippen molar-refractivity contribution in [2.24, 2.45) is 0 Å². The molecule has 6 nitrogen and oxygen atoms in total. The third-order valence-electron chi connectivity index (χ3n) is 4.07. The van der Waals surface area contributed by atoms with E-state index in [-0.39, 0.29) is 0 Å². The molecule has 1 unspecified atom stereocenters. The maximum absolute atomic E-state index is 12.5. The first-order chi connectivity index (χ1) is 9.68. The number of hydrogen-bond acceptors (Lipinski definition) is 5. The summed E-state index contributed by atoms with van der Waals surface area (Å²) in [7, 11) is -3.38. The molecule has 2 aliphatic heterocycles. The summed E-state index contributed by atoms with van der Waals surface area (Å²) < 4.78 is 26.6. The molecule has 0 bridgehead atoms. The Bertz CT molecular complexity index is 543. The number of pyridine rings is 1. The smallest absolute Gasteiger partial charge is 0.244 e. The fourth-order valence-electron chi connectivity index (χ4n) is 2.92. The molecule has 1 N–H and O–H groups in total. The third-order valence-corrected chi connectivity index (χ3v) is 5.91. The maximum atomic E-state index is 12.5. The van der Waals surface area contributed by atoms with Gasteiger partial charge in [-0.2, -0.15) is 4.31 Å². The molecule has 0 aliphatic carbocycles. The fraction of sp³-hybridized carbons (Fsp3) is 0.615. The van der Waals surface area contributed by atoms with E-state index >= 15 is 0 Å². The van der Waals surface area contributed by atoms with Gasteiger partial charge < -0.3 is 5.32 Å². The quantitative estimate of drug-likeness (QED) is 0.833. The van der Waals surface area contributed by atoms with E-state index in [0.717, 1.165) is 32.6 Å². The number of aromatic nitrogens is 1. The highest BCUT2D eigenvalue weighted by Gasteiger charge is 2.35. The minimum absolute atomic E-state index is 0.293. The SMILES string of the molecule is O=S(=O)(c1cccnc1)N1CCC(N2CCNCC2)C1. The normalized spacial score (nSPS) is 25.9. The second kappa shape index (κ2) is 5.77. The Morgan fingerprint density at radius 3 is 2.75 bits per heavy atom. The highest BCUT2D eigenvalue weighted by atomic mass is 32.2. The first-order valence-corrected chi connectivity index (χ1v) is 8.47. The lowest BCUT2D eigenvalue weighted by molar-refractivity contribution is 0.179. The molecule has 2 aliphatic rings. The Labute approximate surface area is 119 Å². The Morgan fingerprint density at radius 2 is 2.05 bits per heavy atom. The summed E-state index contributed by atoms with van der Waals surface area (Å²) in [5.74, 6) is 0. The number of hydrogen-bond donors (Lipinski definition) is 1. The van der Waals surface area contributed by atoms with Crippen LogP contribution < -0.4 is 5.32 Å². The van der Waals surface area contributed by atoms with Crippen LogP contribution in [0.3, 0.4) is 0 Å². The summed E-state index contributed by atoms with van der Waals surface area (Å²) in [5.41, 5.74) is 0. The van der Waals surface area contributed by atoms with Gasteiger partial charge in [0.1, 0.15) is 4.90 Å². The van der Waals surface area contributed by atoms with Gasteiger partial charge in [0.05, 0.1) is 0 Å². The lowest BCUT2D eigenvalue weighted by atomic mass is 10.2. The Kier molecular flexibility index (Phi) is 4.02. The van der Waals surface area contributed by atoms with Gasteiger partial charge in [-0.1, -0.05) is 0 Å². The molecule has 0 radical (unpaired) electrons. The van der Waals surface area contributed by atoms with Crippen LogP contribution in [0.4, 0.5) is 0 Å². The molecule has 3 rings (SSSR count). The predicted molar refractivity (Wildman–Crippen MR) is 75.8 cm³/mol. The fourth-order valence-corrected chi connectivity index (χ4v) is 4.38. The van der Waals surface area contributed by atoms with Crippen molar-refractivity contribution in [3.05, 3.63) is 24.5 Å². The molecule has 0 aromatic carbocycles. The third kappa shape index (κ3) is 2.71. The van der Waals surface area contributed by atoms with Gasteiger partial charge in [0, 0.05) is 57.7 Å². The number of sulfonamides is 1. The van der Waals surface area contributed by atoms with E-state index in [1.165, 1.54) is 6.20 Å². The van der Waals surface area contributed by atoms with Crippen LogP contribution in [0.2, 0.25) is 0 Å². The van der Waals surface area contributed by atoms with Crippen molar-refractivity contribution in [3.8, 4) is 0 Å². The molecule has 7 heteroatoms. The van der Waals surface area contributed by atoms with Gasteiger partial charge in [-0.25, -0.2) is 8.42 Å². The molecule has 1 aromatic rings. The van der Waals surface area contributed by atoms with Gasteiger partial charge in [-0.15, -0.1) is 0 Å². The summed E-state index contributed by atoms with van der Waals surface area (Å²) in [6, 6.07) is 3.63. The van der Waals surface area contributed by atoms with E-state index < -0.39 is 10.0 Å². The minimum atomic E-state index is -3.38. The largest absolute Gasteiger partial charge is 0.314 e. The van der Waals surface area contributed by atoms with Gasteiger partial charge in [-0.05, 0) is 18.6 Å². The molecule has 2 fully saturated rings. The van der Waals surface area contributed by atoms with Crippen molar-refractivity contribution in [2.45, 2.75) is 17.4 Å². The van der Waals surface area contributed by atoms with Gasteiger partial charge in [0.2, 0.25) is 10.0 Å². The van der Waals surface area contributed by atoms with Crippen LogP contribution in [-0.2, 0) is 10.0 Å². The van der Waals surface area contributed by atoms with Crippen LogP contribution in [0.15, 0.2) is 29.4 Å². The second-order valence-electron chi connectivity index (χ2n) is 5.28. The molecular formula is C13H20N4O2S. The van der Waals surface area contributed by atoms with E-state index in [1.54, 1.807) is 22.6 Å². The van der Waals surface area contributed by atoms with Crippen LogP contribution in [-0.4, -0.2) is 67.9 Å². The average molecular weight is 296 g/mol. The van der Waals surface area contributed by atoms with Crippen molar-refractivity contribution < 1.29 is 8.42 Å². The average Bonchev–Trinajstić information content (AvgIpc) is 3.00. The van der Waals surface area contributed by atoms with Gasteiger partial charge in [-0.3, -0.25) is 9.88 Å². The highest BCUT2D eigenvalue weighted by Crippen LogP contribution is 2.23. The van der Waals surface area contributed by atoms with E-state index in [1.807, 2.05) is 0 Å². The zero-order valence-corrected chi connectivity index (χ0v) is 12.2. The number of nitrogens with zero attached hydrogens (tertiary/aromatic N) is 3. The molecule has 1 atom stereocenters. The van der Waals surface area contributed by atoms with E-state index in [9.17, 15) is 8.42 Å². The predicted octanol–water partition coefficient (Wildman–Crippen LogP) is -0.250. The van der Waals surface area contributed by atoms with Crippen molar-refractivity contribution in [1.29, 1.82) is 0 Å². The summed E-state index contributed by atoms with van der Waals surface area (Å²) in [6.45, 7) is 5.19. The number of rotatable bonds is 3. The van der Waals surface area contributed by atoms with Crippen LogP contribution >= 0.6 is 0 Å². The molecule has 0 amide bonds. The molecule has 0 saturated carbocycles. The van der Waals surface area contributed by atoms with Gasteiger partial charge in [0.25, 0.3) is 0 Å². The Balaban J connectivity index is 1.70. The Hall–Kier alpha value is -1.02. The van der Waals surface area contributed by atoms with Crippen molar-refractivity contribution in [1.82, 2.24) is 19.5 Å². The van der Waals surface area contributed by atoms with Crippen LogP contribution in [0.5, 0.6) is 0 Å². The summed E-state index contributed by atoms with van der Waals surface area (Å²) >= 11 is 0. The van der Waals surface area contributed by atoms with Crippen molar-refractivity contribution in [3.63, 3.8) is 0 Å². The van der Waals surface area contributed by atoms with E-state index in [2.05, 4.69) is 15.2 Å². The molecule has 2 saturated heterocycles. The first-order valence-electron chi connectivity index (χ1n) is 7.03. The van der Waals surface area contributed by atoms with Crippen molar-refractivity contribution in [2.75, 3.05) is 39.3 Å². The second-order valence-corrected chi connectivity index (χ2v) is 7.22. The summed E-state index contributed by atoms with van der Waals surface area (Å²) in [4.78, 5) is 6.60. The molecular weight excluding hydrogens is 276 g/mol. The molecule has 110 valence electrons. The topological polar surface area (TPSA) is 65.5 Å². The maximum Gasteiger partial charge on any atom is 0.244 e. The first kappa shape index (κ1) is 13.9. The molecule has 3 heterocycles. The van der Waals surface area contributed by atoms with Crippen molar-refractivity contribution >= 4 is 10.0 Å². The van der Waals surface area contributed by atoms with E-state index in [0.29, 0.717) is 24.0 Å². The monoisotopic (exact) mass is 296 g/mol. The molecule has 20 heavy (non-hydrogen) atoms. The van der Waals surface area contributed by atoms with E-state index in [4.69, 9.17) is 0 Å². The molecule has 1 aromatic heterocycles. The van der Waals surface area contributed by atoms with Gasteiger partial charge in [0.15, 0.2) is 0 Å². The zero-order chi connectivity index (χ0) is 14.0. The van der Waals surface area contributed by atoms with Crippen LogP contribution in [0, 0.1) is 0 Å². The summed E-state index contributed by atoms with van der Waals surface area (Å²) in [5, 5.41) is 3.32. The van der Waals surface area contributed by atoms with Gasteiger partial charge >= 0.3 is 0 Å². The molecule has 0 spiro atoms. The summed E-state index contributed by atoms with van der Waals surface area (Å²) in [6.07, 6.45) is 3.93. The number of nitrogens with one attached hydrogen (secondary N) is 1. The zero-order valence-electron chi connectivity index (χ0n) is 11.4. The van der Waals surface area contributed by atoms with Crippen LogP contribution in [0.25, 0.3) is 0 Å². The number of piperazine rings is 1. The highest BCUT2D eigenvalue weighted by molar-refractivity contribution is 7.89. The lowest BCUT2D eigenvalue weighted by Crippen LogP contribution is -2.49.